The van der Waals surface area contributed by atoms with Crippen LogP contribution in [0.5, 0.6) is 5.75 Å². The van der Waals surface area contributed by atoms with Gasteiger partial charge in [0.25, 0.3) is 0 Å². The summed E-state index contributed by atoms with van der Waals surface area (Å²) < 4.78 is 11.6. The van der Waals surface area contributed by atoms with Crippen LogP contribution >= 0.6 is 0 Å². The Labute approximate surface area is 166 Å². The first kappa shape index (κ1) is 19.7. The summed E-state index contributed by atoms with van der Waals surface area (Å²) in [6.45, 7) is 11.9. The molecule has 1 amide bonds. The first-order valence-electron chi connectivity index (χ1n) is 9.37. The Bertz CT molecular complexity index is 1100. The second kappa shape index (κ2) is 7.55. The number of anilines is 1. The Morgan fingerprint density at radius 1 is 1.07 bits per heavy atom. The molecule has 0 saturated carbocycles. The van der Waals surface area contributed by atoms with Crippen LogP contribution in [0.3, 0.4) is 0 Å². The second-order valence-electron chi connectivity index (χ2n) is 7.31. The molecule has 1 aromatic heterocycles. The normalized spacial score (nSPS) is 11.8. The predicted octanol–water partition coefficient (Wildman–Crippen LogP) is 6.03. The van der Waals surface area contributed by atoms with Crippen LogP contribution in [0.15, 0.2) is 34.8 Å². The maximum atomic E-state index is 12.6. The molecule has 0 saturated heterocycles. The van der Waals surface area contributed by atoms with Crippen molar-refractivity contribution < 1.29 is 13.9 Å². The molecule has 0 bridgehead atoms. The van der Waals surface area contributed by atoms with Gasteiger partial charge in [-0.05, 0) is 75.9 Å². The van der Waals surface area contributed by atoms with E-state index in [9.17, 15) is 4.79 Å². The van der Waals surface area contributed by atoms with Gasteiger partial charge in [-0.3, -0.25) is 4.79 Å². The van der Waals surface area contributed by atoms with E-state index in [1.807, 2.05) is 65.8 Å². The highest BCUT2D eigenvalue weighted by Crippen LogP contribution is 2.38. The van der Waals surface area contributed by atoms with Crippen molar-refractivity contribution in [2.45, 2.75) is 41.5 Å². The Kier molecular flexibility index (Phi) is 5.32. The van der Waals surface area contributed by atoms with Crippen molar-refractivity contribution in [1.82, 2.24) is 0 Å². The Hall–Kier alpha value is -3.01. The number of methoxy groups -OCH3 is 1. The van der Waals surface area contributed by atoms with Gasteiger partial charge in [-0.25, -0.2) is 0 Å². The van der Waals surface area contributed by atoms with Crippen LogP contribution in [0, 0.1) is 34.6 Å². The maximum absolute atomic E-state index is 12.6. The number of furan rings is 1. The lowest BCUT2D eigenvalue weighted by atomic mass is 9.98. The maximum Gasteiger partial charge on any atom is 0.248 e. The van der Waals surface area contributed by atoms with Crippen molar-refractivity contribution in [1.29, 1.82) is 0 Å². The molecule has 0 aliphatic heterocycles. The molecular formula is C24H27NO3. The van der Waals surface area contributed by atoms with Crippen molar-refractivity contribution in [3.05, 3.63) is 63.9 Å². The van der Waals surface area contributed by atoms with Crippen molar-refractivity contribution in [2.75, 3.05) is 12.4 Å². The van der Waals surface area contributed by atoms with E-state index in [1.54, 1.807) is 13.2 Å². The van der Waals surface area contributed by atoms with Gasteiger partial charge in [0.15, 0.2) is 0 Å². The van der Waals surface area contributed by atoms with Gasteiger partial charge in [0, 0.05) is 28.3 Å². The first-order chi connectivity index (χ1) is 13.2. The average molecular weight is 377 g/mol. The zero-order valence-corrected chi connectivity index (χ0v) is 17.6. The molecule has 2 aromatic carbocycles. The molecule has 0 atom stereocenters. The van der Waals surface area contributed by atoms with Gasteiger partial charge in [0.05, 0.1) is 7.11 Å². The summed E-state index contributed by atoms with van der Waals surface area (Å²) in [7, 11) is 1.64. The SMILES string of the molecule is COc1c(/C(C)=C/C(=O)Nc2cccc(C)c2C)cc2c(C)c(C)oc2c1C. The summed E-state index contributed by atoms with van der Waals surface area (Å²) in [6.07, 6.45) is 1.62. The van der Waals surface area contributed by atoms with Crippen LogP contribution in [0.4, 0.5) is 5.69 Å². The summed E-state index contributed by atoms with van der Waals surface area (Å²) >= 11 is 0. The molecular weight excluding hydrogens is 350 g/mol. The highest BCUT2D eigenvalue weighted by Gasteiger charge is 2.18. The largest absolute Gasteiger partial charge is 0.496 e. The van der Waals surface area contributed by atoms with Crippen LogP contribution in [-0.2, 0) is 4.79 Å². The first-order valence-corrected chi connectivity index (χ1v) is 9.37. The van der Waals surface area contributed by atoms with E-state index in [1.165, 1.54) is 0 Å². The fraction of sp³-hybridized carbons (Fsp3) is 0.292. The van der Waals surface area contributed by atoms with E-state index < -0.39 is 0 Å². The molecule has 0 fully saturated rings. The molecule has 1 heterocycles. The number of carbonyl (C=O) groups is 1. The van der Waals surface area contributed by atoms with Crippen LogP contribution in [0.1, 0.15) is 40.5 Å². The lowest BCUT2D eigenvalue weighted by molar-refractivity contribution is -0.111. The molecule has 28 heavy (non-hydrogen) atoms. The highest BCUT2D eigenvalue weighted by molar-refractivity contribution is 6.05. The molecule has 3 aromatic rings. The third-order valence-electron chi connectivity index (χ3n) is 5.49. The average Bonchev–Trinajstić information content (AvgIpc) is 2.94. The van der Waals surface area contributed by atoms with Gasteiger partial charge in [0.2, 0.25) is 5.91 Å². The highest BCUT2D eigenvalue weighted by atomic mass is 16.5. The van der Waals surface area contributed by atoms with Gasteiger partial charge in [0.1, 0.15) is 17.1 Å². The van der Waals surface area contributed by atoms with E-state index >= 15 is 0 Å². The molecule has 146 valence electrons. The van der Waals surface area contributed by atoms with Gasteiger partial charge in [-0.15, -0.1) is 0 Å². The minimum absolute atomic E-state index is 0.161. The Morgan fingerprint density at radius 3 is 2.46 bits per heavy atom. The van der Waals surface area contributed by atoms with Crippen molar-refractivity contribution in [3.63, 3.8) is 0 Å². The van der Waals surface area contributed by atoms with E-state index in [4.69, 9.17) is 9.15 Å². The lowest BCUT2D eigenvalue weighted by Gasteiger charge is -2.13. The predicted molar refractivity (Wildman–Crippen MR) is 115 cm³/mol. The molecule has 4 nitrogen and oxygen atoms in total. The van der Waals surface area contributed by atoms with Gasteiger partial charge in [-0.1, -0.05) is 12.1 Å². The van der Waals surface area contributed by atoms with E-state index in [-0.39, 0.29) is 5.91 Å². The fourth-order valence-electron chi connectivity index (χ4n) is 3.50. The minimum Gasteiger partial charge on any atom is -0.496 e. The third-order valence-corrected chi connectivity index (χ3v) is 5.49. The van der Waals surface area contributed by atoms with Crippen molar-refractivity contribution in [2.24, 2.45) is 0 Å². The number of ether oxygens (including phenoxy) is 1. The zero-order chi connectivity index (χ0) is 20.6. The lowest BCUT2D eigenvalue weighted by Crippen LogP contribution is -2.10. The summed E-state index contributed by atoms with van der Waals surface area (Å²) in [5, 5.41) is 4.03. The number of nitrogens with one attached hydrogen (secondary N) is 1. The monoisotopic (exact) mass is 377 g/mol. The number of hydrogen-bond acceptors (Lipinski definition) is 3. The summed E-state index contributed by atoms with van der Waals surface area (Å²) in [6, 6.07) is 7.94. The standard InChI is InChI=1S/C24H27NO3/c1-13-9-8-10-21(15(13)3)25-22(26)11-14(2)19-12-20-16(4)18(6)28-24(20)17(5)23(19)27-7/h8-12H,1-7H3,(H,25,26)/b14-11+. The number of rotatable bonds is 4. The molecule has 0 radical (unpaired) electrons. The molecule has 3 rings (SSSR count). The molecule has 4 heteroatoms. The van der Waals surface area contributed by atoms with Crippen molar-refractivity contribution in [3.8, 4) is 5.75 Å². The van der Waals surface area contributed by atoms with Gasteiger partial charge in [-0.2, -0.15) is 0 Å². The molecule has 1 N–H and O–H groups in total. The van der Waals surface area contributed by atoms with E-state index in [2.05, 4.69) is 5.32 Å². The van der Waals surface area contributed by atoms with Crippen LogP contribution < -0.4 is 10.1 Å². The number of allylic oxidation sites excluding steroid dienone is 1. The summed E-state index contributed by atoms with van der Waals surface area (Å²) in [5.74, 6) is 1.47. The Morgan fingerprint density at radius 2 is 1.79 bits per heavy atom. The zero-order valence-electron chi connectivity index (χ0n) is 17.6. The number of aryl methyl sites for hydroxylation is 4. The second-order valence-corrected chi connectivity index (χ2v) is 7.31. The third kappa shape index (κ3) is 3.42. The van der Waals surface area contributed by atoms with E-state index in [0.29, 0.717) is 0 Å². The molecule has 0 aliphatic rings. The van der Waals surface area contributed by atoms with Crippen LogP contribution in [0.25, 0.3) is 16.5 Å². The fourth-order valence-corrected chi connectivity index (χ4v) is 3.50. The van der Waals surface area contributed by atoms with Crippen molar-refractivity contribution >= 4 is 28.1 Å². The number of hydrogen-bond donors (Lipinski definition) is 1. The van der Waals surface area contributed by atoms with Gasteiger partial charge < -0.3 is 14.5 Å². The van der Waals surface area contributed by atoms with E-state index in [0.717, 1.165) is 61.6 Å². The minimum atomic E-state index is -0.161. The topological polar surface area (TPSA) is 51.5 Å². The Balaban J connectivity index is 2.02. The smallest absolute Gasteiger partial charge is 0.248 e. The molecule has 0 aliphatic carbocycles. The van der Waals surface area contributed by atoms with Crippen LogP contribution in [0.2, 0.25) is 0 Å². The van der Waals surface area contributed by atoms with Crippen LogP contribution in [-0.4, -0.2) is 13.0 Å². The molecule has 0 spiro atoms. The van der Waals surface area contributed by atoms with Gasteiger partial charge >= 0.3 is 0 Å². The summed E-state index contributed by atoms with van der Waals surface area (Å²) in [4.78, 5) is 12.6. The number of fused-ring (bicyclic) bond motifs is 1. The summed E-state index contributed by atoms with van der Waals surface area (Å²) in [5.41, 5.74) is 7.66. The number of carbonyl (C=O) groups excluding carboxylic acids is 1. The number of amides is 1. The molecule has 0 unspecified atom stereocenters. The quantitative estimate of drug-likeness (QED) is 0.565. The number of benzene rings is 2.